The van der Waals surface area contributed by atoms with Gasteiger partial charge in [-0.1, -0.05) is 0 Å². The first-order chi connectivity index (χ1) is 11.1. The van der Waals surface area contributed by atoms with Gasteiger partial charge in [-0.15, -0.1) is 0 Å². The molecule has 126 valence electrons. The van der Waals surface area contributed by atoms with Crippen LogP contribution in [0, 0.1) is 5.82 Å². The summed E-state index contributed by atoms with van der Waals surface area (Å²) in [6.45, 7) is 4.50. The Hall–Kier alpha value is -1.66. The highest BCUT2D eigenvalue weighted by molar-refractivity contribution is 5.85. The molecule has 6 heteroatoms. The lowest BCUT2D eigenvalue weighted by molar-refractivity contribution is -0.158. The third-order valence-electron chi connectivity index (χ3n) is 4.95. The highest BCUT2D eigenvalue weighted by atomic mass is 19.1. The lowest BCUT2D eigenvalue weighted by Gasteiger charge is -2.42. The number of carbonyl (C=O) groups excluding carboxylic acids is 1. The van der Waals surface area contributed by atoms with E-state index in [4.69, 9.17) is 4.74 Å². The Morgan fingerprint density at radius 3 is 2.30 bits per heavy atom. The number of methoxy groups -OCH3 is 1. The number of ether oxygens (including phenoxy) is 1. The van der Waals surface area contributed by atoms with E-state index < -0.39 is 5.60 Å². The van der Waals surface area contributed by atoms with Crippen LogP contribution in [-0.2, 0) is 9.53 Å². The van der Waals surface area contributed by atoms with Crippen LogP contribution in [0.5, 0.6) is 0 Å². The smallest absolute Gasteiger partial charge is 0.255 e. The summed E-state index contributed by atoms with van der Waals surface area (Å²) in [5, 5.41) is 3.28. The summed E-state index contributed by atoms with van der Waals surface area (Å²) >= 11 is 0. The first kappa shape index (κ1) is 16.2. The predicted molar refractivity (Wildman–Crippen MR) is 87.0 cm³/mol. The number of anilines is 1. The summed E-state index contributed by atoms with van der Waals surface area (Å²) < 4.78 is 18.7. The van der Waals surface area contributed by atoms with E-state index in [0.29, 0.717) is 13.1 Å². The molecule has 3 rings (SSSR count). The van der Waals surface area contributed by atoms with Crippen molar-refractivity contribution in [2.45, 2.75) is 18.4 Å². The zero-order chi connectivity index (χ0) is 16.3. The van der Waals surface area contributed by atoms with Crippen LogP contribution in [0.25, 0.3) is 0 Å². The zero-order valence-electron chi connectivity index (χ0n) is 13.6. The van der Waals surface area contributed by atoms with E-state index in [-0.39, 0.29) is 11.7 Å². The van der Waals surface area contributed by atoms with E-state index in [1.54, 1.807) is 19.2 Å². The van der Waals surface area contributed by atoms with Crippen LogP contribution < -0.4 is 10.2 Å². The number of piperazine rings is 1. The number of halogens is 1. The number of carbonyl (C=O) groups is 1. The standard InChI is InChI=1S/C17H24FN3O2/c1-23-17(6-8-19-9-7-17)16(22)21-12-10-20(11-13-21)15-4-2-14(18)3-5-15/h2-5,19H,6-13H2,1H3. The Morgan fingerprint density at radius 1 is 1.13 bits per heavy atom. The molecule has 2 aliphatic heterocycles. The maximum Gasteiger partial charge on any atom is 0.255 e. The number of hydrogen-bond acceptors (Lipinski definition) is 4. The molecule has 23 heavy (non-hydrogen) atoms. The molecule has 0 aromatic heterocycles. The highest BCUT2D eigenvalue weighted by Gasteiger charge is 2.42. The van der Waals surface area contributed by atoms with Gasteiger partial charge in [-0.05, 0) is 50.2 Å². The molecule has 2 aliphatic rings. The molecular formula is C17H24FN3O2. The Morgan fingerprint density at radius 2 is 1.74 bits per heavy atom. The van der Waals surface area contributed by atoms with E-state index in [1.807, 2.05) is 4.90 Å². The molecule has 0 radical (unpaired) electrons. The predicted octanol–water partition coefficient (Wildman–Crippen LogP) is 1.24. The zero-order valence-corrected chi connectivity index (χ0v) is 13.6. The quantitative estimate of drug-likeness (QED) is 0.910. The van der Waals surface area contributed by atoms with Crippen LogP contribution in [-0.4, -0.2) is 62.8 Å². The minimum absolute atomic E-state index is 0.111. The fraction of sp³-hybridized carbons (Fsp3) is 0.588. The minimum Gasteiger partial charge on any atom is -0.368 e. The van der Waals surface area contributed by atoms with Gasteiger partial charge in [0.1, 0.15) is 11.4 Å². The lowest BCUT2D eigenvalue weighted by atomic mass is 9.90. The summed E-state index contributed by atoms with van der Waals surface area (Å²) in [6.07, 6.45) is 1.45. The molecular weight excluding hydrogens is 297 g/mol. The van der Waals surface area contributed by atoms with Crippen LogP contribution >= 0.6 is 0 Å². The molecule has 1 aromatic carbocycles. The van der Waals surface area contributed by atoms with Crippen LogP contribution in [0.2, 0.25) is 0 Å². The second-order valence-electron chi connectivity index (χ2n) is 6.20. The number of amides is 1. The molecule has 5 nitrogen and oxygen atoms in total. The van der Waals surface area contributed by atoms with Gasteiger partial charge >= 0.3 is 0 Å². The number of piperidine rings is 1. The molecule has 2 saturated heterocycles. The third kappa shape index (κ3) is 3.33. The second-order valence-corrected chi connectivity index (χ2v) is 6.20. The largest absolute Gasteiger partial charge is 0.368 e. The van der Waals surface area contributed by atoms with Crippen LogP contribution in [0.3, 0.4) is 0 Å². The number of nitrogens with one attached hydrogen (secondary N) is 1. The summed E-state index contributed by atoms with van der Waals surface area (Å²) in [4.78, 5) is 17.0. The first-order valence-corrected chi connectivity index (χ1v) is 8.20. The SMILES string of the molecule is COC1(C(=O)N2CCN(c3ccc(F)cc3)CC2)CCNCC1. The summed E-state index contributed by atoms with van der Waals surface area (Å²) in [7, 11) is 1.64. The summed E-state index contributed by atoms with van der Waals surface area (Å²) in [6, 6.07) is 6.52. The van der Waals surface area contributed by atoms with Gasteiger partial charge in [0, 0.05) is 39.0 Å². The van der Waals surface area contributed by atoms with Crippen molar-refractivity contribution in [2.24, 2.45) is 0 Å². The van der Waals surface area contributed by atoms with Crippen molar-refractivity contribution >= 4 is 11.6 Å². The average molecular weight is 321 g/mol. The Kier molecular flexibility index (Phi) is 4.82. The van der Waals surface area contributed by atoms with Gasteiger partial charge in [0.25, 0.3) is 5.91 Å². The molecule has 0 spiro atoms. The fourth-order valence-electron chi connectivity index (χ4n) is 3.44. The molecule has 0 saturated carbocycles. The summed E-state index contributed by atoms with van der Waals surface area (Å²) in [5.41, 5.74) is 0.338. The van der Waals surface area contributed by atoms with Gasteiger partial charge in [-0.2, -0.15) is 0 Å². The molecule has 1 aromatic rings. The number of hydrogen-bond donors (Lipinski definition) is 1. The van der Waals surface area contributed by atoms with Crippen molar-refractivity contribution in [1.29, 1.82) is 0 Å². The van der Waals surface area contributed by atoms with Crippen molar-refractivity contribution < 1.29 is 13.9 Å². The molecule has 0 atom stereocenters. The number of rotatable bonds is 3. The van der Waals surface area contributed by atoms with Gasteiger partial charge < -0.3 is 19.9 Å². The van der Waals surface area contributed by atoms with E-state index in [1.165, 1.54) is 12.1 Å². The van der Waals surface area contributed by atoms with Gasteiger partial charge in [0.2, 0.25) is 0 Å². The third-order valence-corrected chi connectivity index (χ3v) is 4.95. The average Bonchev–Trinajstić information content (AvgIpc) is 2.62. The molecule has 0 aliphatic carbocycles. The Balaban J connectivity index is 1.61. The number of nitrogens with zero attached hydrogens (tertiary/aromatic N) is 2. The highest BCUT2D eigenvalue weighted by Crippen LogP contribution is 2.26. The van der Waals surface area contributed by atoms with Crippen molar-refractivity contribution in [3.63, 3.8) is 0 Å². The van der Waals surface area contributed by atoms with Crippen molar-refractivity contribution in [2.75, 3.05) is 51.3 Å². The van der Waals surface area contributed by atoms with Gasteiger partial charge in [0.05, 0.1) is 0 Å². The molecule has 0 bridgehead atoms. The second kappa shape index (κ2) is 6.84. The van der Waals surface area contributed by atoms with Crippen molar-refractivity contribution in [3.8, 4) is 0 Å². The Labute approximate surface area is 136 Å². The van der Waals surface area contributed by atoms with Crippen LogP contribution in [0.4, 0.5) is 10.1 Å². The maximum absolute atomic E-state index is 13.0. The molecule has 2 heterocycles. The monoisotopic (exact) mass is 321 g/mol. The van der Waals surface area contributed by atoms with Crippen LogP contribution in [0.15, 0.2) is 24.3 Å². The minimum atomic E-state index is -0.663. The first-order valence-electron chi connectivity index (χ1n) is 8.20. The maximum atomic E-state index is 13.0. The molecule has 1 N–H and O–H groups in total. The topological polar surface area (TPSA) is 44.8 Å². The van der Waals surface area contributed by atoms with E-state index in [0.717, 1.165) is 44.7 Å². The van der Waals surface area contributed by atoms with Gasteiger partial charge in [-0.25, -0.2) is 4.39 Å². The van der Waals surface area contributed by atoms with Crippen molar-refractivity contribution in [3.05, 3.63) is 30.1 Å². The normalized spacial score (nSPS) is 21.3. The van der Waals surface area contributed by atoms with E-state index in [9.17, 15) is 9.18 Å². The summed E-state index contributed by atoms with van der Waals surface area (Å²) in [5.74, 6) is -0.115. The Bertz CT molecular complexity index is 535. The van der Waals surface area contributed by atoms with Gasteiger partial charge in [0.15, 0.2) is 0 Å². The number of benzene rings is 1. The van der Waals surface area contributed by atoms with Crippen LogP contribution in [0.1, 0.15) is 12.8 Å². The van der Waals surface area contributed by atoms with E-state index >= 15 is 0 Å². The fourth-order valence-corrected chi connectivity index (χ4v) is 3.44. The molecule has 1 amide bonds. The molecule has 0 unspecified atom stereocenters. The molecule has 2 fully saturated rings. The van der Waals surface area contributed by atoms with Gasteiger partial charge in [-0.3, -0.25) is 4.79 Å². The lowest BCUT2D eigenvalue weighted by Crippen LogP contribution is -2.59. The van der Waals surface area contributed by atoms with Crippen molar-refractivity contribution in [1.82, 2.24) is 10.2 Å². The van der Waals surface area contributed by atoms with E-state index in [2.05, 4.69) is 10.2 Å².